The van der Waals surface area contributed by atoms with E-state index >= 15 is 0 Å². The van der Waals surface area contributed by atoms with Gasteiger partial charge in [-0.1, -0.05) is 76.1 Å². The van der Waals surface area contributed by atoms with Gasteiger partial charge in [0.2, 0.25) is 5.91 Å². The van der Waals surface area contributed by atoms with E-state index in [0.29, 0.717) is 13.2 Å². The van der Waals surface area contributed by atoms with E-state index in [0.717, 1.165) is 18.9 Å². The minimum absolute atomic E-state index is 0.176. The normalized spacial score (nSPS) is 8.34. The number of carbonyl (C=O) groups is 3. The first-order chi connectivity index (χ1) is 15.2. The highest BCUT2D eigenvalue weighted by Crippen LogP contribution is 1.97. The van der Waals surface area contributed by atoms with E-state index in [1.54, 1.807) is 6.92 Å². The van der Waals surface area contributed by atoms with E-state index in [9.17, 15) is 14.4 Å². The lowest BCUT2D eigenvalue weighted by atomic mass is 10.2. The fourth-order valence-corrected chi connectivity index (χ4v) is 1.30. The van der Waals surface area contributed by atoms with Crippen LogP contribution in [-0.4, -0.2) is 42.9 Å². The molecule has 0 heterocycles. The van der Waals surface area contributed by atoms with Crippen molar-refractivity contribution in [3.05, 3.63) is 79.9 Å². The summed E-state index contributed by atoms with van der Waals surface area (Å²) in [5, 5.41) is 10.4. The van der Waals surface area contributed by atoms with E-state index in [1.165, 1.54) is 18.6 Å². The molecule has 1 amide bonds. The molecular weight excluding hydrogens is 410 g/mol. The van der Waals surface area contributed by atoms with Crippen molar-refractivity contribution < 1.29 is 29.0 Å². The van der Waals surface area contributed by atoms with Gasteiger partial charge in [-0.3, -0.25) is 4.79 Å². The minimum Gasteiger partial charge on any atom is -0.478 e. The number of carbonyl (C=O) groups excluding carboxylic acids is 2. The molecule has 2 N–H and O–H groups in total. The molecule has 0 saturated heterocycles. The monoisotopic (exact) mass is 447 g/mol. The van der Waals surface area contributed by atoms with E-state index in [4.69, 9.17) is 9.84 Å². The number of unbranched alkanes of at least 4 members (excludes halogenated alkanes) is 1. The Morgan fingerprint density at radius 2 is 1.62 bits per heavy atom. The summed E-state index contributed by atoms with van der Waals surface area (Å²) in [6.45, 7) is 20.0. The lowest BCUT2D eigenvalue weighted by molar-refractivity contribution is -0.137. The van der Waals surface area contributed by atoms with Crippen LogP contribution in [-0.2, 0) is 23.9 Å². The van der Waals surface area contributed by atoms with Crippen molar-refractivity contribution >= 4 is 23.9 Å². The Hall–Kier alpha value is -3.45. The number of carboxylic acid groups (broad SMARTS) is 1. The average Bonchev–Trinajstić information content (AvgIpc) is 2.80. The molecule has 1 aromatic carbocycles. The molecule has 1 rings (SSSR count). The maximum absolute atomic E-state index is 10.5. The van der Waals surface area contributed by atoms with Gasteiger partial charge < -0.3 is 19.9 Å². The number of rotatable bonds is 10. The van der Waals surface area contributed by atoms with E-state index in [2.05, 4.69) is 43.3 Å². The molecule has 178 valence electrons. The van der Waals surface area contributed by atoms with Gasteiger partial charge in [0.15, 0.2) is 0 Å². The van der Waals surface area contributed by atoms with Crippen molar-refractivity contribution in [1.82, 2.24) is 5.32 Å². The van der Waals surface area contributed by atoms with Crippen molar-refractivity contribution in [3.8, 4) is 0 Å². The number of esters is 1. The summed E-state index contributed by atoms with van der Waals surface area (Å²) in [6, 6.07) is 10.0. The zero-order valence-electron chi connectivity index (χ0n) is 19.5. The maximum Gasteiger partial charge on any atom is 0.330 e. The molecule has 0 radical (unpaired) electrons. The molecule has 0 aromatic heterocycles. The Kier molecular flexibility index (Phi) is 26.5. The van der Waals surface area contributed by atoms with E-state index in [1.807, 2.05) is 36.4 Å². The van der Waals surface area contributed by atoms with Crippen LogP contribution in [0.4, 0.5) is 0 Å². The number of nitrogens with one attached hydrogen (secondary N) is 1. The predicted octanol–water partition coefficient (Wildman–Crippen LogP) is 4.78. The van der Waals surface area contributed by atoms with Crippen LogP contribution in [0.1, 0.15) is 39.2 Å². The molecule has 1 aromatic rings. The second-order valence-electron chi connectivity index (χ2n) is 5.81. The number of amides is 1. The molecule has 0 fully saturated rings. The van der Waals surface area contributed by atoms with Crippen LogP contribution in [0.25, 0.3) is 6.08 Å². The summed E-state index contributed by atoms with van der Waals surface area (Å²) in [6.07, 6.45) is 6.34. The standard InChI is InChI=1S/C8H15NO2.C8H8.C5H8O2.C4H6O2/c1-3-5-6-11-7-9-8(10)4-2;1-2-8-6-4-3-5-7-8;1-3-5(6)7-4-2;1-3(2)4(5)6/h4H,2-3,5-7H2,1H3,(H,9,10);2-7H,1H2;3H,1,4H2,2H3;1H2,2H3,(H,5,6). The average molecular weight is 448 g/mol. The largest absolute Gasteiger partial charge is 0.478 e. The van der Waals surface area contributed by atoms with Crippen LogP contribution < -0.4 is 5.32 Å². The van der Waals surface area contributed by atoms with Crippen LogP contribution in [0.2, 0.25) is 0 Å². The maximum atomic E-state index is 10.5. The Bertz CT molecular complexity index is 671. The smallest absolute Gasteiger partial charge is 0.330 e. The van der Waals surface area contributed by atoms with E-state index in [-0.39, 0.29) is 24.2 Å². The number of ether oxygens (including phenoxy) is 2. The molecular formula is C25H37NO6. The van der Waals surface area contributed by atoms with Gasteiger partial charge in [0.1, 0.15) is 6.73 Å². The topological polar surface area (TPSA) is 102 Å². The molecule has 0 aliphatic carbocycles. The molecule has 0 aliphatic rings. The third-order valence-electron chi connectivity index (χ3n) is 3.03. The van der Waals surface area contributed by atoms with Gasteiger partial charge in [0, 0.05) is 18.3 Å². The van der Waals surface area contributed by atoms with Crippen LogP contribution in [0, 0.1) is 0 Å². The lowest BCUT2D eigenvalue weighted by Crippen LogP contribution is -2.23. The van der Waals surface area contributed by atoms with Gasteiger partial charge in [-0.05, 0) is 31.9 Å². The van der Waals surface area contributed by atoms with Gasteiger partial charge >= 0.3 is 11.9 Å². The van der Waals surface area contributed by atoms with Crippen LogP contribution in [0.15, 0.2) is 74.4 Å². The Labute approximate surface area is 192 Å². The molecule has 7 heteroatoms. The second-order valence-corrected chi connectivity index (χ2v) is 5.81. The zero-order chi connectivity index (χ0) is 25.2. The quantitative estimate of drug-likeness (QED) is 0.232. The first-order valence-corrected chi connectivity index (χ1v) is 10.0. The summed E-state index contributed by atoms with van der Waals surface area (Å²) in [5.41, 5.74) is 1.35. The number of hydrogen-bond donors (Lipinski definition) is 2. The highest BCUT2D eigenvalue weighted by Gasteiger charge is 1.91. The summed E-state index contributed by atoms with van der Waals surface area (Å²) < 4.78 is 9.50. The first-order valence-electron chi connectivity index (χ1n) is 10.0. The third-order valence-corrected chi connectivity index (χ3v) is 3.03. The first kappa shape index (κ1) is 33.2. The Morgan fingerprint density at radius 1 is 1.06 bits per heavy atom. The molecule has 7 nitrogen and oxygen atoms in total. The van der Waals surface area contributed by atoms with Gasteiger partial charge in [-0.15, -0.1) is 0 Å². The predicted molar refractivity (Wildman–Crippen MR) is 130 cm³/mol. The molecule has 0 saturated carbocycles. The van der Waals surface area contributed by atoms with Gasteiger partial charge in [0.25, 0.3) is 0 Å². The summed E-state index contributed by atoms with van der Waals surface area (Å²) in [7, 11) is 0. The molecule has 0 bridgehead atoms. The fraction of sp³-hybridized carbons (Fsp3) is 0.320. The van der Waals surface area contributed by atoms with Crippen molar-refractivity contribution in [3.63, 3.8) is 0 Å². The van der Waals surface area contributed by atoms with Crippen molar-refractivity contribution in [1.29, 1.82) is 0 Å². The number of hydrogen-bond acceptors (Lipinski definition) is 5. The van der Waals surface area contributed by atoms with Crippen LogP contribution >= 0.6 is 0 Å². The second kappa shape index (κ2) is 25.6. The molecule has 0 atom stereocenters. The summed E-state index contributed by atoms with van der Waals surface area (Å²) in [4.78, 5) is 30.2. The zero-order valence-corrected chi connectivity index (χ0v) is 19.5. The molecule has 32 heavy (non-hydrogen) atoms. The highest BCUT2D eigenvalue weighted by atomic mass is 16.5. The third kappa shape index (κ3) is 28.8. The van der Waals surface area contributed by atoms with Crippen LogP contribution in [0.5, 0.6) is 0 Å². The van der Waals surface area contributed by atoms with Gasteiger partial charge in [0.05, 0.1) is 6.61 Å². The summed E-state index contributed by atoms with van der Waals surface area (Å²) >= 11 is 0. The number of carboxylic acids is 1. The van der Waals surface area contributed by atoms with Crippen molar-refractivity contribution in [2.45, 2.75) is 33.6 Å². The Morgan fingerprint density at radius 3 is 1.94 bits per heavy atom. The van der Waals surface area contributed by atoms with Gasteiger partial charge in [-0.2, -0.15) is 0 Å². The van der Waals surface area contributed by atoms with Crippen molar-refractivity contribution in [2.75, 3.05) is 19.9 Å². The number of aliphatic carboxylic acids is 1. The molecule has 0 aliphatic heterocycles. The fourth-order valence-electron chi connectivity index (χ4n) is 1.30. The van der Waals surface area contributed by atoms with Crippen LogP contribution in [0.3, 0.4) is 0 Å². The van der Waals surface area contributed by atoms with E-state index < -0.39 is 5.97 Å². The lowest BCUT2D eigenvalue weighted by Gasteiger charge is -2.02. The minimum atomic E-state index is -0.935. The molecule has 0 unspecified atom stereocenters. The SMILES string of the molecule is C=C(C)C(=O)O.C=CC(=O)NCOCCCC.C=CC(=O)OCC.C=Cc1ccccc1. The Balaban J connectivity index is -0.000000360. The highest BCUT2D eigenvalue weighted by molar-refractivity contribution is 5.86. The van der Waals surface area contributed by atoms with Crippen molar-refractivity contribution in [2.24, 2.45) is 0 Å². The summed E-state index contributed by atoms with van der Waals surface area (Å²) in [5.74, 6) is -1.49. The van der Waals surface area contributed by atoms with Gasteiger partial charge in [-0.25, -0.2) is 9.59 Å². The molecule has 0 spiro atoms. The number of benzene rings is 1.